The number of allylic oxidation sites excluding steroid dienone is 2. The SMILES string of the molecule is CN1N=C2C(COCC3(c4ccc(F)cc4)CCNCC3)=CC(C(F)(F)F)=CC2N1. The number of nitrogens with one attached hydrogen (secondary N) is 2. The van der Waals surface area contributed by atoms with Crippen molar-refractivity contribution < 1.29 is 22.3 Å². The van der Waals surface area contributed by atoms with Gasteiger partial charge in [0.25, 0.3) is 0 Å². The lowest BCUT2D eigenvalue weighted by Crippen LogP contribution is -2.43. The predicted molar refractivity (Wildman–Crippen MR) is 105 cm³/mol. The van der Waals surface area contributed by atoms with Crippen molar-refractivity contribution >= 4 is 5.71 Å². The first-order valence-electron chi connectivity index (χ1n) is 9.90. The number of ether oxygens (including phenoxy) is 1. The fourth-order valence-corrected chi connectivity index (χ4v) is 4.26. The average Bonchev–Trinajstić information content (AvgIpc) is 3.09. The molecule has 2 aliphatic heterocycles. The molecule has 0 spiro atoms. The molecule has 2 heterocycles. The van der Waals surface area contributed by atoms with E-state index in [9.17, 15) is 17.6 Å². The summed E-state index contributed by atoms with van der Waals surface area (Å²) in [4.78, 5) is 0. The zero-order valence-corrected chi connectivity index (χ0v) is 16.6. The minimum Gasteiger partial charge on any atom is -0.376 e. The van der Waals surface area contributed by atoms with Crippen LogP contribution in [0.1, 0.15) is 18.4 Å². The number of benzene rings is 1. The van der Waals surface area contributed by atoms with Crippen LogP contribution in [-0.4, -0.2) is 56.4 Å². The van der Waals surface area contributed by atoms with Crippen molar-refractivity contribution in [3.8, 4) is 0 Å². The van der Waals surface area contributed by atoms with Gasteiger partial charge in [-0.2, -0.15) is 18.3 Å². The molecule has 3 aliphatic rings. The van der Waals surface area contributed by atoms with Gasteiger partial charge in [0.1, 0.15) is 5.82 Å². The second-order valence-electron chi connectivity index (χ2n) is 7.93. The van der Waals surface area contributed by atoms with Crippen LogP contribution in [0.25, 0.3) is 0 Å². The molecule has 5 nitrogen and oxygen atoms in total. The van der Waals surface area contributed by atoms with E-state index in [0.717, 1.165) is 43.6 Å². The standard InChI is InChI=1S/C21H24F4N4O/c1-29-27-18-11-16(21(23,24)25)10-14(19(18)28-29)12-30-13-20(6-8-26-9-7-20)15-2-4-17(22)5-3-15/h2-5,10-11,18,26-27H,6-9,12-13H2,1H3. The third kappa shape index (κ3) is 4.28. The molecule has 0 aromatic heterocycles. The van der Waals surface area contributed by atoms with Crippen molar-refractivity contribution in [1.82, 2.24) is 15.9 Å². The van der Waals surface area contributed by atoms with Gasteiger partial charge in [-0.1, -0.05) is 12.1 Å². The van der Waals surface area contributed by atoms with Gasteiger partial charge in [0.05, 0.1) is 30.5 Å². The van der Waals surface area contributed by atoms with Crippen molar-refractivity contribution in [2.24, 2.45) is 5.10 Å². The first-order valence-corrected chi connectivity index (χ1v) is 9.90. The van der Waals surface area contributed by atoms with Crippen LogP contribution < -0.4 is 10.7 Å². The number of alkyl halides is 3. The molecule has 1 unspecified atom stereocenters. The maximum absolute atomic E-state index is 13.4. The molecule has 1 aromatic carbocycles. The van der Waals surface area contributed by atoms with Crippen LogP contribution >= 0.6 is 0 Å². The van der Waals surface area contributed by atoms with Gasteiger partial charge in [-0.25, -0.2) is 14.9 Å². The number of hydrazone groups is 1. The number of halogens is 4. The van der Waals surface area contributed by atoms with E-state index in [1.54, 1.807) is 19.2 Å². The fraction of sp³-hybridized carbons (Fsp3) is 0.476. The van der Waals surface area contributed by atoms with E-state index in [-0.39, 0.29) is 17.8 Å². The highest BCUT2D eigenvalue weighted by Crippen LogP contribution is 2.35. The van der Waals surface area contributed by atoms with E-state index < -0.39 is 17.8 Å². The number of piperidine rings is 1. The van der Waals surface area contributed by atoms with Gasteiger partial charge in [-0.05, 0) is 55.8 Å². The minimum atomic E-state index is -4.44. The second kappa shape index (κ2) is 8.13. The largest absolute Gasteiger partial charge is 0.416 e. The number of hydrogen-bond acceptors (Lipinski definition) is 5. The van der Waals surface area contributed by atoms with Crippen molar-refractivity contribution in [1.29, 1.82) is 0 Å². The van der Waals surface area contributed by atoms with E-state index in [4.69, 9.17) is 4.74 Å². The van der Waals surface area contributed by atoms with Crippen molar-refractivity contribution in [3.63, 3.8) is 0 Å². The first kappa shape index (κ1) is 21.0. The Labute approximate surface area is 172 Å². The molecule has 1 atom stereocenters. The highest BCUT2D eigenvalue weighted by atomic mass is 19.4. The van der Waals surface area contributed by atoms with Gasteiger partial charge >= 0.3 is 6.18 Å². The Morgan fingerprint density at radius 3 is 2.57 bits per heavy atom. The normalized spacial score (nSPS) is 23.6. The molecule has 0 amide bonds. The predicted octanol–water partition coefficient (Wildman–Crippen LogP) is 3.07. The summed E-state index contributed by atoms with van der Waals surface area (Å²) in [7, 11) is 1.64. The second-order valence-corrected chi connectivity index (χ2v) is 7.93. The first-order chi connectivity index (χ1) is 14.3. The van der Waals surface area contributed by atoms with E-state index in [0.29, 0.717) is 17.9 Å². The van der Waals surface area contributed by atoms with E-state index in [2.05, 4.69) is 15.8 Å². The molecule has 1 saturated heterocycles. The third-order valence-corrected chi connectivity index (χ3v) is 5.86. The smallest absolute Gasteiger partial charge is 0.376 e. The Morgan fingerprint density at radius 2 is 1.90 bits per heavy atom. The van der Waals surface area contributed by atoms with Gasteiger partial charge < -0.3 is 10.1 Å². The Kier molecular flexibility index (Phi) is 5.69. The Hall–Kier alpha value is -2.23. The highest BCUT2D eigenvalue weighted by molar-refractivity contribution is 6.07. The van der Waals surface area contributed by atoms with Crippen LogP contribution in [0.4, 0.5) is 17.6 Å². The topological polar surface area (TPSA) is 48.9 Å². The van der Waals surface area contributed by atoms with Crippen LogP contribution in [0.3, 0.4) is 0 Å². The quantitative estimate of drug-likeness (QED) is 0.714. The number of hydrazine groups is 1. The molecule has 1 fully saturated rings. The lowest BCUT2D eigenvalue weighted by Gasteiger charge is -2.38. The van der Waals surface area contributed by atoms with Crippen molar-refractivity contribution in [3.05, 3.63) is 58.9 Å². The van der Waals surface area contributed by atoms with E-state index >= 15 is 0 Å². The summed E-state index contributed by atoms with van der Waals surface area (Å²) in [6.45, 7) is 1.96. The molecule has 162 valence electrons. The molecule has 0 bridgehead atoms. The lowest BCUT2D eigenvalue weighted by atomic mass is 9.74. The minimum absolute atomic E-state index is 0.0225. The Bertz CT molecular complexity index is 870. The van der Waals surface area contributed by atoms with Crippen LogP contribution in [0.2, 0.25) is 0 Å². The third-order valence-electron chi connectivity index (χ3n) is 5.86. The van der Waals surface area contributed by atoms with Gasteiger partial charge in [0, 0.05) is 18.0 Å². The summed E-state index contributed by atoms with van der Waals surface area (Å²) < 4.78 is 59.4. The lowest BCUT2D eigenvalue weighted by molar-refractivity contribution is -0.0887. The average molecular weight is 424 g/mol. The Balaban J connectivity index is 1.52. The molecule has 0 radical (unpaired) electrons. The summed E-state index contributed by atoms with van der Waals surface area (Å²) in [5.41, 5.74) is 3.80. The summed E-state index contributed by atoms with van der Waals surface area (Å²) in [5.74, 6) is -0.301. The van der Waals surface area contributed by atoms with Crippen molar-refractivity contribution in [2.75, 3.05) is 33.4 Å². The molecule has 1 aliphatic carbocycles. The van der Waals surface area contributed by atoms with Crippen LogP contribution in [0.5, 0.6) is 0 Å². The van der Waals surface area contributed by atoms with Crippen LogP contribution in [0, 0.1) is 5.82 Å². The molecule has 1 aromatic rings. The molecule has 9 heteroatoms. The highest BCUT2D eigenvalue weighted by Gasteiger charge is 2.39. The zero-order chi connectivity index (χ0) is 21.4. The number of rotatable bonds is 5. The molecular weight excluding hydrogens is 400 g/mol. The molecule has 2 N–H and O–H groups in total. The zero-order valence-electron chi connectivity index (χ0n) is 16.6. The van der Waals surface area contributed by atoms with Crippen LogP contribution in [0.15, 0.2) is 52.7 Å². The summed E-state index contributed by atoms with van der Waals surface area (Å²) >= 11 is 0. The summed E-state index contributed by atoms with van der Waals surface area (Å²) in [6, 6.07) is 5.78. The van der Waals surface area contributed by atoms with Gasteiger partial charge in [0.15, 0.2) is 0 Å². The maximum atomic E-state index is 13.4. The monoisotopic (exact) mass is 424 g/mol. The van der Waals surface area contributed by atoms with Crippen molar-refractivity contribution in [2.45, 2.75) is 30.5 Å². The van der Waals surface area contributed by atoms with Gasteiger partial charge in [-0.3, -0.25) is 0 Å². The van der Waals surface area contributed by atoms with Crippen LogP contribution in [-0.2, 0) is 10.2 Å². The van der Waals surface area contributed by atoms with E-state index in [1.165, 1.54) is 17.3 Å². The maximum Gasteiger partial charge on any atom is 0.416 e. The molecule has 30 heavy (non-hydrogen) atoms. The van der Waals surface area contributed by atoms with E-state index in [1.807, 2.05) is 0 Å². The van der Waals surface area contributed by atoms with Gasteiger partial charge in [0.2, 0.25) is 0 Å². The Morgan fingerprint density at radius 1 is 1.20 bits per heavy atom. The number of fused-ring (bicyclic) bond motifs is 1. The summed E-state index contributed by atoms with van der Waals surface area (Å²) in [5, 5.41) is 9.01. The molecule has 0 saturated carbocycles. The summed E-state index contributed by atoms with van der Waals surface area (Å²) in [6.07, 6.45) is -0.579. The fourth-order valence-electron chi connectivity index (χ4n) is 4.26. The van der Waals surface area contributed by atoms with Gasteiger partial charge in [-0.15, -0.1) is 0 Å². The molecular formula is C21H24F4N4O. The number of nitrogens with zero attached hydrogens (tertiary/aromatic N) is 2. The molecule has 4 rings (SSSR count). The number of hydrogen-bond donors (Lipinski definition) is 2.